The van der Waals surface area contributed by atoms with Gasteiger partial charge in [-0.15, -0.1) is 0 Å². The van der Waals surface area contributed by atoms with Crippen molar-refractivity contribution in [3.8, 4) is 11.4 Å². The minimum atomic E-state index is -3.27. The van der Waals surface area contributed by atoms with Crippen LogP contribution in [0.2, 0.25) is 0 Å². The summed E-state index contributed by atoms with van der Waals surface area (Å²) >= 11 is 0. The number of benzene rings is 1. The highest BCUT2D eigenvalue weighted by Gasteiger charge is 2.35. The second kappa shape index (κ2) is 7.97. The molecule has 0 unspecified atom stereocenters. The number of nitrogens with one attached hydrogen (secondary N) is 1. The van der Waals surface area contributed by atoms with Gasteiger partial charge in [-0.25, -0.2) is 8.42 Å². The first kappa shape index (κ1) is 20.6. The second-order valence-corrected chi connectivity index (χ2v) is 11.1. The average Bonchev–Trinajstić information content (AvgIpc) is 3.52. The SMILES string of the molecule is CCCCc1c(-c2ccc(NS(=O)(=O)C3CC3)cn2)n(C2CCC2)c2cc(C)ccc12. The van der Waals surface area contributed by atoms with Gasteiger partial charge < -0.3 is 4.57 Å². The number of pyridine rings is 1. The molecule has 3 aromatic rings. The Balaban J connectivity index is 1.60. The van der Waals surface area contributed by atoms with Gasteiger partial charge in [0, 0.05) is 16.9 Å². The molecule has 2 saturated carbocycles. The van der Waals surface area contributed by atoms with E-state index in [0.717, 1.165) is 37.8 Å². The lowest BCUT2D eigenvalue weighted by molar-refractivity contribution is 0.323. The van der Waals surface area contributed by atoms with E-state index < -0.39 is 10.0 Å². The summed E-state index contributed by atoms with van der Waals surface area (Å²) < 4.78 is 29.8. The summed E-state index contributed by atoms with van der Waals surface area (Å²) in [7, 11) is -3.27. The van der Waals surface area contributed by atoms with Crippen LogP contribution in [-0.2, 0) is 16.4 Å². The summed E-state index contributed by atoms with van der Waals surface area (Å²) in [5.41, 5.74) is 6.66. The van der Waals surface area contributed by atoms with Gasteiger partial charge in [0.1, 0.15) is 0 Å². The Kier molecular flexibility index (Phi) is 5.29. The van der Waals surface area contributed by atoms with Crippen LogP contribution in [-0.4, -0.2) is 23.2 Å². The summed E-state index contributed by atoms with van der Waals surface area (Å²) in [6.07, 6.45) is 10.2. The van der Waals surface area contributed by atoms with Crippen LogP contribution in [0.3, 0.4) is 0 Å². The first-order valence-electron chi connectivity index (χ1n) is 11.6. The van der Waals surface area contributed by atoms with E-state index in [1.54, 1.807) is 6.20 Å². The topological polar surface area (TPSA) is 64.0 Å². The van der Waals surface area contributed by atoms with Crippen molar-refractivity contribution in [3.05, 3.63) is 47.7 Å². The van der Waals surface area contributed by atoms with Gasteiger partial charge in [-0.2, -0.15) is 0 Å². The normalized spacial score (nSPS) is 17.1. The number of nitrogens with zero attached hydrogens (tertiary/aromatic N) is 2. The number of unbranched alkanes of at least 4 members (excludes halogenated alkanes) is 1. The molecule has 0 saturated heterocycles. The summed E-state index contributed by atoms with van der Waals surface area (Å²) in [6.45, 7) is 4.38. The molecule has 2 aliphatic carbocycles. The summed E-state index contributed by atoms with van der Waals surface area (Å²) in [5, 5.41) is 1.10. The number of hydrogen-bond acceptors (Lipinski definition) is 3. The van der Waals surface area contributed by atoms with Gasteiger partial charge in [-0.05, 0) is 81.2 Å². The van der Waals surface area contributed by atoms with Crippen molar-refractivity contribution in [2.45, 2.75) is 76.5 Å². The fourth-order valence-electron chi connectivity index (χ4n) is 4.62. The Bertz CT molecular complexity index is 1200. The monoisotopic (exact) mass is 437 g/mol. The lowest BCUT2D eigenvalue weighted by atomic mass is 9.92. The van der Waals surface area contributed by atoms with Crippen LogP contribution in [0.5, 0.6) is 0 Å². The van der Waals surface area contributed by atoms with E-state index in [4.69, 9.17) is 4.98 Å². The van der Waals surface area contributed by atoms with Gasteiger partial charge in [0.25, 0.3) is 0 Å². The molecule has 2 aliphatic rings. The third-order valence-electron chi connectivity index (χ3n) is 6.71. The Labute approximate surface area is 184 Å². The van der Waals surface area contributed by atoms with Crippen molar-refractivity contribution in [1.82, 2.24) is 9.55 Å². The molecule has 5 rings (SSSR count). The van der Waals surface area contributed by atoms with Gasteiger partial charge in [0.05, 0.1) is 28.5 Å². The number of aryl methyl sites for hydroxylation is 2. The Morgan fingerprint density at radius 3 is 2.55 bits per heavy atom. The zero-order valence-corrected chi connectivity index (χ0v) is 19.2. The van der Waals surface area contributed by atoms with Crippen molar-refractivity contribution in [3.63, 3.8) is 0 Å². The molecule has 1 N–H and O–H groups in total. The largest absolute Gasteiger partial charge is 0.336 e. The number of hydrogen-bond donors (Lipinski definition) is 1. The fourth-order valence-corrected chi connectivity index (χ4v) is 5.99. The molecule has 0 spiro atoms. The summed E-state index contributed by atoms with van der Waals surface area (Å²) in [4.78, 5) is 4.75. The van der Waals surface area contributed by atoms with Gasteiger partial charge in [-0.3, -0.25) is 9.71 Å². The number of anilines is 1. The zero-order chi connectivity index (χ0) is 21.6. The highest BCUT2D eigenvalue weighted by atomic mass is 32.2. The minimum absolute atomic E-state index is 0.239. The highest BCUT2D eigenvalue weighted by Crippen LogP contribution is 2.43. The average molecular weight is 438 g/mol. The molecule has 164 valence electrons. The quantitative estimate of drug-likeness (QED) is 0.471. The highest BCUT2D eigenvalue weighted by molar-refractivity contribution is 7.93. The number of fused-ring (bicyclic) bond motifs is 1. The molecular formula is C25H31N3O2S. The first-order chi connectivity index (χ1) is 15.0. The van der Waals surface area contributed by atoms with Crippen LogP contribution in [0, 0.1) is 6.92 Å². The van der Waals surface area contributed by atoms with E-state index >= 15 is 0 Å². The number of sulfonamides is 1. The van der Waals surface area contributed by atoms with Crippen molar-refractivity contribution < 1.29 is 8.42 Å². The van der Waals surface area contributed by atoms with Crippen LogP contribution >= 0.6 is 0 Å². The van der Waals surface area contributed by atoms with Gasteiger partial charge >= 0.3 is 0 Å². The number of aromatic nitrogens is 2. The third kappa shape index (κ3) is 3.86. The molecule has 0 radical (unpaired) electrons. The van der Waals surface area contributed by atoms with Crippen LogP contribution in [0.1, 0.15) is 69.0 Å². The van der Waals surface area contributed by atoms with Crippen molar-refractivity contribution in [2.24, 2.45) is 0 Å². The van der Waals surface area contributed by atoms with Crippen molar-refractivity contribution >= 4 is 26.6 Å². The smallest absolute Gasteiger partial charge is 0.235 e. The van der Waals surface area contributed by atoms with Crippen LogP contribution < -0.4 is 4.72 Å². The van der Waals surface area contributed by atoms with Crippen molar-refractivity contribution in [2.75, 3.05) is 4.72 Å². The Hall–Kier alpha value is -2.34. The predicted octanol–water partition coefficient (Wildman–Crippen LogP) is 5.98. The molecule has 0 amide bonds. The van der Waals surface area contributed by atoms with E-state index in [9.17, 15) is 8.42 Å². The molecule has 0 bridgehead atoms. The molecule has 5 nitrogen and oxygen atoms in total. The zero-order valence-electron chi connectivity index (χ0n) is 18.4. The molecule has 2 fully saturated rings. The molecule has 6 heteroatoms. The Morgan fingerprint density at radius 1 is 1.13 bits per heavy atom. The summed E-state index contributed by atoms with van der Waals surface area (Å²) in [5.74, 6) is 0. The van der Waals surface area contributed by atoms with Gasteiger partial charge in [0.2, 0.25) is 10.0 Å². The van der Waals surface area contributed by atoms with Gasteiger partial charge in [-0.1, -0.05) is 25.5 Å². The van der Waals surface area contributed by atoms with E-state index in [1.807, 2.05) is 12.1 Å². The predicted molar refractivity (Wildman–Crippen MR) is 127 cm³/mol. The molecule has 0 aliphatic heterocycles. The van der Waals surface area contributed by atoms with Gasteiger partial charge in [0.15, 0.2) is 0 Å². The lowest BCUT2D eigenvalue weighted by Gasteiger charge is -2.30. The van der Waals surface area contributed by atoms with Crippen molar-refractivity contribution in [1.29, 1.82) is 0 Å². The minimum Gasteiger partial charge on any atom is -0.336 e. The van der Waals surface area contributed by atoms with Crippen LogP contribution in [0.4, 0.5) is 5.69 Å². The first-order valence-corrected chi connectivity index (χ1v) is 13.1. The number of rotatable bonds is 8. The van der Waals surface area contributed by atoms with E-state index in [-0.39, 0.29) is 5.25 Å². The van der Waals surface area contributed by atoms with E-state index in [0.29, 0.717) is 11.7 Å². The molecular weight excluding hydrogens is 406 g/mol. The van der Waals surface area contributed by atoms with E-state index in [2.05, 4.69) is 41.3 Å². The summed E-state index contributed by atoms with van der Waals surface area (Å²) in [6, 6.07) is 11.1. The molecule has 2 heterocycles. The second-order valence-electron chi connectivity index (χ2n) is 9.18. The molecule has 1 aromatic carbocycles. The Morgan fingerprint density at radius 2 is 1.94 bits per heavy atom. The maximum Gasteiger partial charge on any atom is 0.235 e. The van der Waals surface area contributed by atoms with Crippen LogP contribution in [0.25, 0.3) is 22.3 Å². The van der Waals surface area contributed by atoms with Crippen LogP contribution in [0.15, 0.2) is 36.5 Å². The fraction of sp³-hybridized carbons (Fsp3) is 0.480. The third-order valence-corrected chi connectivity index (χ3v) is 8.58. The molecule has 2 aromatic heterocycles. The standard InChI is InChI=1S/C25H31N3O2S/c1-3-4-8-22-21-13-9-17(2)15-24(21)28(19-6-5-7-19)25(22)23-14-10-18(16-26-23)27-31(29,30)20-11-12-20/h9-10,13-16,19-20,27H,3-8,11-12H2,1-2H3. The molecule has 0 atom stereocenters. The maximum absolute atomic E-state index is 12.3. The maximum atomic E-state index is 12.3. The lowest BCUT2D eigenvalue weighted by Crippen LogP contribution is -2.18. The molecule has 31 heavy (non-hydrogen) atoms. The van der Waals surface area contributed by atoms with E-state index in [1.165, 1.54) is 47.0 Å².